The Morgan fingerprint density at radius 2 is 1.92 bits per heavy atom. The number of aryl methyl sites for hydroxylation is 1. The first-order valence-corrected chi connectivity index (χ1v) is 16.4. The summed E-state index contributed by atoms with van der Waals surface area (Å²) in [5, 5.41) is 29.9. The SMILES string of the molecule is CCS(=O)(=O)C[C@H]1CC[C@](O)(Nc2nc(NCC3(C)CC3)nc(C)c2-c2nc3c(C4CC4)nccc3s2)[C@@H]1O. The van der Waals surface area contributed by atoms with Gasteiger partial charge < -0.3 is 20.8 Å². The van der Waals surface area contributed by atoms with Crippen molar-refractivity contribution in [1.82, 2.24) is 19.9 Å². The summed E-state index contributed by atoms with van der Waals surface area (Å²) in [7, 11) is -3.31. The molecule has 0 bridgehead atoms. The second-order valence-corrected chi connectivity index (χ2v) is 15.3. The molecule has 3 aliphatic rings. The molecule has 3 fully saturated rings. The number of thiazole rings is 1. The molecule has 0 spiro atoms. The Balaban J connectivity index is 1.37. The van der Waals surface area contributed by atoms with Crippen molar-refractivity contribution in [2.24, 2.45) is 11.3 Å². The average Bonchev–Trinajstić information content (AvgIpc) is 3.81. The summed E-state index contributed by atoms with van der Waals surface area (Å²) >= 11 is 1.53. The lowest BCUT2D eigenvalue weighted by atomic mass is 10.0. The van der Waals surface area contributed by atoms with Gasteiger partial charge in [-0.1, -0.05) is 13.8 Å². The summed E-state index contributed by atoms with van der Waals surface area (Å²) in [4.78, 5) is 19.1. The van der Waals surface area contributed by atoms with Crippen molar-refractivity contribution < 1.29 is 18.6 Å². The molecule has 0 aromatic carbocycles. The summed E-state index contributed by atoms with van der Waals surface area (Å²) in [5.41, 5.74) is 1.76. The molecule has 3 saturated carbocycles. The molecule has 0 saturated heterocycles. The predicted molar refractivity (Wildman–Crippen MR) is 153 cm³/mol. The molecular weight excluding hydrogens is 536 g/mol. The monoisotopic (exact) mass is 572 g/mol. The molecule has 4 N–H and O–H groups in total. The van der Waals surface area contributed by atoms with Gasteiger partial charge in [0.05, 0.1) is 27.4 Å². The van der Waals surface area contributed by atoms with Crippen LogP contribution in [0, 0.1) is 18.3 Å². The van der Waals surface area contributed by atoms with E-state index in [4.69, 9.17) is 15.0 Å². The first kappa shape index (κ1) is 26.8. The number of nitrogens with one attached hydrogen (secondary N) is 2. The maximum Gasteiger partial charge on any atom is 0.224 e. The van der Waals surface area contributed by atoms with E-state index < -0.39 is 27.6 Å². The van der Waals surface area contributed by atoms with Gasteiger partial charge in [-0.05, 0) is 56.9 Å². The predicted octanol–water partition coefficient (Wildman–Crippen LogP) is 3.85. The summed E-state index contributed by atoms with van der Waals surface area (Å²) in [5.74, 6) is 0.520. The fourth-order valence-electron chi connectivity index (χ4n) is 5.38. The Hall–Kier alpha value is -2.41. The molecule has 39 heavy (non-hydrogen) atoms. The Morgan fingerprint density at radius 1 is 1.15 bits per heavy atom. The third-order valence-electron chi connectivity index (χ3n) is 8.45. The first-order valence-electron chi connectivity index (χ1n) is 13.8. The van der Waals surface area contributed by atoms with E-state index in [0.29, 0.717) is 40.4 Å². The van der Waals surface area contributed by atoms with Crippen LogP contribution in [0.25, 0.3) is 20.8 Å². The third-order valence-corrected chi connectivity index (χ3v) is 11.3. The van der Waals surface area contributed by atoms with Gasteiger partial charge >= 0.3 is 0 Å². The molecule has 3 aliphatic carbocycles. The van der Waals surface area contributed by atoms with Crippen LogP contribution >= 0.6 is 11.3 Å². The van der Waals surface area contributed by atoms with Crippen molar-refractivity contribution in [3.63, 3.8) is 0 Å². The van der Waals surface area contributed by atoms with Crippen LogP contribution in [0.5, 0.6) is 0 Å². The third kappa shape index (κ3) is 5.36. The number of nitrogens with zero attached hydrogens (tertiary/aromatic N) is 4. The smallest absolute Gasteiger partial charge is 0.224 e. The summed E-state index contributed by atoms with van der Waals surface area (Å²) in [6.45, 7) is 6.45. The molecule has 3 atom stereocenters. The number of hydrogen-bond donors (Lipinski definition) is 4. The Kier molecular flexibility index (Phi) is 6.60. The number of aromatic nitrogens is 4. The highest BCUT2D eigenvalue weighted by molar-refractivity contribution is 7.91. The number of anilines is 2. The number of fused-ring (bicyclic) bond motifs is 1. The van der Waals surface area contributed by atoms with Gasteiger partial charge in [0, 0.05) is 30.3 Å². The molecule has 0 amide bonds. The molecule has 210 valence electrons. The minimum Gasteiger partial charge on any atom is -0.388 e. The van der Waals surface area contributed by atoms with Gasteiger partial charge in [0.1, 0.15) is 32.3 Å². The van der Waals surface area contributed by atoms with Crippen LogP contribution in [0.4, 0.5) is 11.8 Å². The zero-order valence-electron chi connectivity index (χ0n) is 22.6. The van der Waals surface area contributed by atoms with Crippen molar-refractivity contribution in [2.45, 2.75) is 77.0 Å². The largest absolute Gasteiger partial charge is 0.388 e. The highest BCUT2D eigenvalue weighted by Gasteiger charge is 2.48. The maximum absolute atomic E-state index is 12.3. The van der Waals surface area contributed by atoms with Crippen LogP contribution < -0.4 is 10.6 Å². The summed E-state index contributed by atoms with van der Waals surface area (Å²) < 4.78 is 25.6. The molecule has 0 aliphatic heterocycles. The van der Waals surface area contributed by atoms with Gasteiger partial charge in [-0.3, -0.25) is 4.98 Å². The van der Waals surface area contributed by atoms with E-state index in [1.165, 1.54) is 11.3 Å². The summed E-state index contributed by atoms with van der Waals surface area (Å²) in [6.07, 6.45) is 5.67. The number of sulfone groups is 1. The number of aliphatic hydroxyl groups excluding tert-OH is 1. The van der Waals surface area contributed by atoms with Crippen molar-refractivity contribution >= 4 is 43.2 Å². The molecular formula is C27H36N6O4S2. The van der Waals surface area contributed by atoms with Crippen LogP contribution in [0.2, 0.25) is 0 Å². The van der Waals surface area contributed by atoms with Gasteiger partial charge in [0.25, 0.3) is 0 Å². The molecule has 3 aromatic rings. The van der Waals surface area contributed by atoms with Gasteiger partial charge in [-0.25, -0.2) is 18.4 Å². The second kappa shape index (κ2) is 9.60. The number of aliphatic hydroxyl groups is 2. The molecule has 6 rings (SSSR count). The Labute approximate surface area is 232 Å². The zero-order valence-corrected chi connectivity index (χ0v) is 24.2. The van der Waals surface area contributed by atoms with Gasteiger partial charge in [-0.2, -0.15) is 4.98 Å². The van der Waals surface area contributed by atoms with E-state index >= 15 is 0 Å². The highest BCUT2D eigenvalue weighted by Crippen LogP contribution is 2.46. The zero-order chi connectivity index (χ0) is 27.6. The van der Waals surface area contributed by atoms with E-state index in [0.717, 1.165) is 48.1 Å². The van der Waals surface area contributed by atoms with E-state index in [1.807, 2.05) is 19.2 Å². The number of rotatable bonds is 10. The molecule has 12 heteroatoms. The van der Waals surface area contributed by atoms with Crippen LogP contribution in [0.3, 0.4) is 0 Å². The lowest BCUT2D eigenvalue weighted by Crippen LogP contribution is -2.48. The number of hydrogen-bond acceptors (Lipinski definition) is 11. The standard InChI is InChI=1S/C27H36N6O4S2/c1-4-39(36,37)13-17-7-9-27(35,22(17)34)33-23-19(15(2)30-25(32-23)29-14-26(3)10-11-26)24-31-21-18(38-24)8-12-28-20(21)16-5-6-16/h8,12,16-17,22,34-35H,4-7,9-11,13-14H2,1-3H3,(H2,29,30,32,33)/t17-,22-,27-/m1/s1. The quantitative estimate of drug-likeness (QED) is 0.264. The van der Waals surface area contributed by atoms with Crippen LogP contribution in [0.1, 0.15) is 69.7 Å². The number of pyridine rings is 1. The lowest BCUT2D eigenvalue weighted by molar-refractivity contribution is -0.0442. The molecule has 0 radical (unpaired) electrons. The molecule has 3 aromatic heterocycles. The molecule has 0 unspecified atom stereocenters. The van der Waals surface area contributed by atoms with Gasteiger partial charge in [0.15, 0.2) is 5.72 Å². The van der Waals surface area contributed by atoms with Crippen molar-refractivity contribution in [2.75, 3.05) is 28.7 Å². The minimum absolute atomic E-state index is 0.000584. The van der Waals surface area contributed by atoms with Crippen molar-refractivity contribution in [3.8, 4) is 10.6 Å². The first-order chi connectivity index (χ1) is 18.5. The topological polar surface area (TPSA) is 150 Å². The normalized spacial score (nSPS) is 26.2. The van der Waals surface area contributed by atoms with E-state index in [-0.39, 0.29) is 23.3 Å². The fourth-order valence-corrected chi connectivity index (χ4v) is 7.68. The van der Waals surface area contributed by atoms with E-state index in [2.05, 4.69) is 22.5 Å². The Bertz CT molecular complexity index is 1520. The highest BCUT2D eigenvalue weighted by atomic mass is 32.2. The lowest BCUT2D eigenvalue weighted by Gasteiger charge is -2.31. The van der Waals surface area contributed by atoms with Crippen LogP contribution in [0.15, 0.2) is 12.3 Å². The van der Waals surface area contributed by atoms with Crippen molar-refractivity contribution in [3.05, 3.63) is 23.7 Å². The van der Waals surface area contributed by atoms with Gasteiger partial charge in [0.2, 0.25) is 5.95 Å². The average molecular weight is 573 g/mol. The van der Waals surface area contributed by atoms with Crippen molar-refractivity contribution in [1.29, 1.82) is 0 Å². The van der Waals surface area contributed by atoms with E-state index in [1.54, 1.807) is 6.92 Å². The van der Waals surface area contributed by atoms with Crippen LogP contribution in [-0.4, -0.2) is 68.4 Å². The fraction of sp³-hybridized carbons (Fsp3) is 0.630. The second-order valence-electron chi connectivity index (χ2n) is 11.8. The van der Waals surface area contributed by atoms with Crippen LogP contribution in [-0.2, 0) is 9.84 Å². The van der Waals surface area contributed by atoms with E-state index in [9.17, 15) is 18.6 Å². The molecule has 10 nitrogen and oxygen atoms in total. The summed E-state index contributed by atoms with van der Waals surface area (Å²) in [6, 6.07) is 1.96. The minimum atomic E-state index is -3.31. The maximum atomic E-state index is 12.3. The van der Waals surface area contributed by atoms with Gasteiger partial charge in [-0.15, -0.1) is 11.3 Å². The Morgan fingerprint density at radius 3 is 2.62 bits per heavy atom. The molecule has 3 heterocycles.